The van der Waals surface area contributed by atoms with Crippen molar-refractivity contribution in [3.05, 3.63) is 105 Å². The van der Waals surface area contributed by atoms with Gasteiger partial charge in [0, 0.05) is 23.3 Å². The van der Waals surface area contributed by atoms with Gasteiger partial charge in [0.2, 0.25) is 29.0 Å². The number of anilines is 1. The number of rotatable bonds is 3. The molecule has 6 rings (SSSR count). The van der Waals surface area contributed by atoms with Crippen LogP contribution < -0.4 is 4.90 Å². The van der Waals surface area contributed by atoms with Crippen molar-refractivity contribution in [2.24, 2.45) is 11.8 Å². The zero-order valence-corrected chi connectivity index (χ0v) is 18.9. The average molecular weight is 482 g/mol. The molecule has 0 N–H and O–H groups in total. The van der Waals surface area contributed by atoms with Crippen LogP contribution >= 0.6 is 0 Å². The highest BCUT2D eigenvalue weighted by Gasteiger charge is 2.74. The van der Waals surface area contributed by atoms with Gasteiger partial charge in [0.1, 0.15) is 0 Å². The molecule has 2 fully saturated rings. The maximum atomic E-state index is 13.9. The molecular weight excluding hydrogens is 464 g/mol. The molecule has 3 aromatic carbocycles. The number of carbonyl (C=O) groups is 4. The largest absolute Gasteiger partial charge is 0.349 e. The van der Waals surface area contributed by atoms with Gasteiger partial charge < -0.3 is 4.74 Å². The van der Waals surface area contributed by atoms with Crippen LogP contribution in [0.4, 0.5) is 11.4 Å². The molecular formula is C27H18N2O7. The third-order valence-corrected chi connectivity index (χ3v) is 7.22. The topological polar surface area (TPSA) is 124 Å². The minimum Gasteiger partial charge on any atom is -0.349 e. The number of fused-ring (bicyclic) bond motifs is 3. The molecule has 2 saturated heterocycles. The number of imide groups is 1. The number of nitrogens with zero attached hydrogens (tertiary/aromatic N) is 2. The van der Waals surface area contributed by atoms with E-state index in [1.54, 1.807) is 24.3 Å². The molecule has 9 heteroatoms. The Balaban J connectivity index is 1.54. The average Bonchev–Trinajstić information content (AvgIpc) is 3.44. The van der Waals surface area contributed by atoms with Gasteiger partial charge >= 0.3 is 0 Å². The lowest BCUT2D eigenvalue weighted by molar-refractivity contribution is -0.384. The van der Waals surface area contributed by atoms with Crippen LogP contribution in [-0.4, -0.2) is 33.9 Å². The molecule has 3 aliphatic rings. The number of aryl methyl sites for hydroxylation is 1. The molecule has 2 aliphatic heterocycles. The number of carbonyl (C=O) groups excluding carboxylic acids is 4. The first-order chi connectivity index (χ1) is 17.3. The molecule has 1 aliphatic carbocycles. The van der Waals surface area contributed by atoms with Crippen LogP contribution in [0.5, 0.6) is 0 Å². The van der Waals surface area contributed by atoms with Gasteiger partial charge in [-0.2, -0.15) is 0 Å². The first-order valence-corrected chi connectivity index (χ1v) is 11.3. The maximum Gasteiger partial charge on any atom is 0.271 e. The molecule has 2 amide bonds. The summed E-state index contributed by atoms with van der Waals surface area (Å²) in [6, 6.07) is 18.5. The summed E-state index contributed by atoms with van der Waals surface area (Å²) < 4.78 is 6.22. The Morgan fingerprint density at radius 3 is 2.11 bits per heavy atom. The van der Waals surface area contributed by atoms with E-state index < -0.39 is 51.8 Å². The normalized spacial score (nSPS) is 23.9. The van der Waals surface area contributed by atoms with E-state index in [2.05, 4.69) is 0 Å². The Hall–Kier alpha value is -4.50. The first kappa shape index (κ1) is 22.0. The van der Waals surface area contributed by atoms with Gasteiger partial charge in [0.15, 0.2) is 0 Å². The fraction of sp³-hybridized carbons (Fsp3) is 0.185. The lowest BCUT2D eigenvalue weighted by Gasteiger charge is -2.27. The summed E-state index contributed by atoms with van der Waals surface area (Å²) in [5.74, 6) is -5.37. The quantitative estimate of drug-likeness (QED) is 0.242. The second-order valence-electron chi connectivity index (χ2n) is 9.18. The van der Waals surface area contributed by atoms with Crippen molar-refractivity contribution in [3.63, 3.8) is 0 Å². The zero-order chi connectivity index (χ0) is 25.4. The number of nitro groups is 1. The van der Waals surface area contributed by atoms with Crippen LogP contribution in [0.2, 0.25) is 0 Å². The van der Waals surface area contributed by atoms with Crippen LogP contribution in [0.15, 0.2) is 72.8 Å². The van der Waals surface area contributed by atoms with E-state index in [-0.39, 0.29) is 22.5 Å². The van der Waals surface area contributed by atoms with Gasteiger partial charge in [-0.3, -0.25) is 29.3 Å². The summed E-state index contributed by atoms with van der Waals surface area (Å²) in [6.07, 6.45) is -1.04. The number of amides is 2. The predicted molar refractivity (Wildman–Crippen MR) is 125 cm³/mol. The second-order valence-corrected chi connectivity index (χ2v) is 9.18. The van der Waals surface area contributed by atoms with Gasteiger partial charge in [-0.15, -0.1) is 0 Å². The molecule has 2 heterocycles. The molecule has 3 aromatic rings. The number of non-ortho nitro benzene ring substituents is 1. The Morgan fingerprint density at radius 1 is 0.861 bits per heavy atom. The van der Waals surface area contributed by atoms with Crippen LogP contribution in [0, 0.1) is 28.9 Å². The van der Waals surface area contributed by atoms with E-state index in [0.717, 1.165) is 16.5 Å². The Kier molecular flexibility index (Phi) is 4.58. The molecule has 0 saturated carbocycles. The lowest BCUT2D eigenvalue weighted by Crippen LogP contribution is -2.51. The van der Waals surface area contributed by atoms with Crippen molar-refractivity contribution in [1.29, 1.82) is 0 Å². The summed E-state index contributed by atoms with van der Waals surface area (Å²) in [7, 11) is 0. The van der Waals surface area contributed by atoms with E-state index in [9.17, 15) is 29.3 Å². The summed E-state index contributed by atoms with van der Waals surface area (Å²) in [5, 5.41) is 11.3. The van der Waals surface area contributed by atoms with E-state index in [1.165, 1.54) is 30.3 Å². The van der Waals surface area contributed by atoms with Gasteiger partial charge in [0.05, 0.1) is 28.6 Å². The third kappa shape index (κ3) is 2.74. The molecule has 178 valence electrons. The van der Waals surface area contributed by atoms with Crippen molar-refractivity contribution in [1.82, 2.24) is 0 Å². The number of Topliss-reactive ketones (excluding diaryl/α,β-unsaturated/α-hetero) is 2. The van der Waals surface area contributed by atoms with E-state index in [4.69, 9.17) is 4.74 Å². The third-order valence-electron chi connectivity index (χ3n) is 7.22. The Bertz CT molecular complexity index is 1480. The van der Waals surface area contributed by atoms with E-state index >= 15 is 0 Å². The summed E-state index contributed by atoms with van der Waals surface area (Å²) in [4.78, 5) is 66.6. The number of nitro benzene ring substituents is 1. The van der Waals surface area contributed by atoms with Gasteiger partial charge in [0.25, 0.3) is 5.69 Å². The molecule has 9 nitrogen and oxygen atoms in total. The molecule has 1 spiro atoms. The number of benzene rings is 3. The molecule has 3 atom stereocenters. The van der Waals surface area contributed by atoms with Gasteiger partial charge in [-0.1, -0.05) is 60.2 Å². The minimum atomic E-state index is -2.19. The lowest BCUT2D eigenvalue weighted by atomic mass is 9.77. The van der Waals surface area contributed by atoms with Crippen LogP contribution in [0.25, 0.3) is 0 Å². The van der Waals surface area contributed by atoms with Crippen LogP contribution in [-0.2, 0) is 14.3 Å². The van der Waals surface area contributed by atoms with E-state index in [0.29, 0.717) is 5.56 Å². The van der Waals surface area contributed by atoms with Crippen molar-refractivity contribution >= 4 is 34.8 Å². The number of hydrogen-bond acceptors (Lipinski definition) is 7. The standard InChI is InChI=1S/C27H18N2O7/c1-14-9-11-15(12-10-14)22-20-21(27(36-22)23(30)18-7-2-3-8-19(18)24(27)31)26(33)28(25(20)32)16-5-4-6-17(13-16)29(34)35/h2-13,20-22H,1H3/t20-,21+,22-/m0/s1. The summed E-state index contributed by atoms with van der Waals surface area (Å²) >= 11 is 0. The highest BCUT2D eigenvalue weighted by Crippen LogP contribution is 2.57. The summed E-state index contributed by atoms with van der Waals surface area (Å²) in [6.45, 7) is 1.89. The van der Waals surface area contributed by atoms with Crippen LogP contribution in [0.1, 0.15) is 37.9 Å². The fourth-order valence-corrected chi connectivity index (χ4v) is 5.57. The molecule has 0 bridgehead atoms. The van der Waals surface area contributed by atoms with Crippen molar-refractivity contribution in [2.45, 2.75) is 18.6 Å². The molecule has 36 heavy (non-hydrogen) atoms. The second kappa shape index (κ2) is 7.50. The monoisotopic (exact) mass is 482 g/mol. The first-order valence-electron chi connectivity index (χ1n) is 11.3. The highest BCUT2D eigenvalue weighted by atomic mass is 16.6. The predicted octanol–water partition coefficient (Wildman–Crippen LogP) is 3.60. The van der Waals surface area contributed by atoms with E-state index in [1.807, 2.05) is 19.1 Å². The minimum absolute atomic E-state index is 0.00168. The Labute approximate surface area is 204 Å². The summed E-state index contributed by atoms with van der Waals surface area (Å²) in [5.41, 5.74) is -0.707. The SMILES string of the molecule is Cc1ccc([C@@H]2OC3(C(=O)c4ccccc4C3=O)[C@H]3C(=O)N(c4cccc([N+](=O)[O-])c4)C(=O)[C@H]23)cc1. The number of hydrogen-bond donors (Lipinski definition) is 0. The molecule has 0 aromatic heterocycles. The fourth-order valence-electron chi connectivity index (χ4n) is 5.57. The highest BCUT2D eigenvalue weighted by molar-refractivity contribution is 6.37. The van der Waals surface area contributed by atoms with Gasteiger partial charge in [-0.05, 0) is 18.6 Å². The number of ketones is 2. The maximum absolute atomic E-state index is 13.9. The Morgan fingerprint density at radius 2 is 1.50 bits per heavy atom. The van der Waals surface area contributed by atoms with Gasteiger partial charge in [-0.25, -0.2) is 4.90 Å². The van der Waals surface area contributed by atoms with Crippen LogP contribution in [0.3, 0.4) is 0 Å². The zero-order valence-electron chi connectivity index (χ0n) is 18.9. The van der Waals surface area contributed by atoms with Crippen molar-refractivity contribution < 1.29 is 28.8 Å². The van der Waals surface area contributed by atoms with Crippen molar-refractivity contribution in [3.8, 4) is 0 Å². The molecule has 0 unspecified atom stereocenters. The van der Waals surface area contributed by atoms with Crippen molar-refractivity contribution in [2.75, 3.05) is 4.90 Å². The smallest absolute Gasteiger partial charge is 0.271 e. The molecule has 0 radical (unpaired) electrons. The number of ether oxygens (including phenoxy) is 1.